The molecular formula is C38H80N10O16. The molecule has 0 radical (unpaired) electrons. The van der Waals surface area contributed by atoms with E-state index in [0.717, 1.165) is 0 Å². The maximum Gasteiger partial charge on any atom is 0.176 e. The van der Waals surface area contributed by atoms with Crippen molar-refractivity contribution < 1.29 is 78.7 Å². The number of nitrogens with two attached hydrogens (primary N) is 8. The summed E-state index contributed by atoms with van der Waals surface area (Å²) in [6.07, 6.45) is -17.7. The van der Waals surface area contributed by atoms with Gasteiger partial charge in [-0.05, 0) is 26.9 Å². The second-order valence-corrected chi connectivity index (χ2v) is 17.6. The van der Waals surface area contributed by atoms with Crippen LogP contribution >= 0.6 is 0 Å². The highest BCUT2D eigenvalue weighted by molar-refractivity contribution is 5.02. The van der Waals surface area contributed by atoms with E-state index in [-0.39, 0.29) is 52.2 Å². The minimum Gasteiger partial charge on any atom is -0.389 e. The molecule has 0 aromatic carbocycles. The Kier molecular flexibility index (Phi) is 23.1. The van der Waals surface area contributed by atoms with Crippen molar-refractivity contribution in [3.05, 3.63) is 0 Å². The van der Waals surface area contributed by atoms with Gasteiger partial charge in [0.2, 0.25) is 0 Å². The maximum atomic E-state index is 10.9. The van der Waals surface area contributed by atoms with Crippen molar-refractivity contribution in [1.29, 1.82) is 0 Å². The molecule has 2 saturated heterocycles. The topological polar surface area (TPSA) is 450 Å². The fourth-order valence-electron chi connectivity index (χ4n) is 8.35. The van der Waals surface area contributed by atoms with E-state index in [4.69, 9.17) is 83.8 Å². The summed E-state index contributed by atoms with van der Waals surface area (Å²) in [7, 11) is 3.60. The summed E-state index contributed by atoms with van der Waals surface area (Å²) in [5.41, 5.74) is 48.4. The number of aliphatic hydroxyl groups excluding tert-OH is 8. The summed E-state index contributed by atoms with van der Waals surface area (Å²) in [5.74, 6) is 0. The van der Waals surface area contributed by atoms with Gasteiger partial charge in [0.05, 0.1) is 76.1 Å². The zero-order valence-corrected chi connectivity index (χ0v) is 37.0. The Morgan fingerprint density at radius 3 is 1.22 bits per heavy atom. The van der Waals surface area contributed by atoms with E-state index in [1.807, 2.05) is 9.80 Å². The van der Waals surface area contributed by atoms with Gasteiger partial charge in [-0.2, -0.15) is 0 Å². The number of nitrogens with zero attached hydrogens (tertiary/aromatic N) is 2. The molecular weight excluding hydrogens is 852 g/mol. The second kappa shape index (κ2) is 26.6. The largest absolute Gasteiger partial charge is 0.389 e. The molecule has 22 atom stereocenters. The first kappa shape index (κ1) is 55.6. The lowest BCUT2D eigenvalue weighted by Gasteiger charge is -2.47. The van der Waals surface area contributed by atoms with Crippen LogP contribution in [-0.2, 0) is 37.9 Å². The summed E-state index contributed by atoms with van der Waals surface area (Å²) in [6.45, 7) is 2.13. The molecule has 0 aromatic heterocycles. The van der Waals surface area contributed by atoms with Crippen molar-refractivity contribution in [3.8, 4) is 0 Å². The van der Waals surface area contributed by atoms with Crippen molar-refractivity contribution in [1.82, 2.24) is 9.80 Å². The van der Waals surface area contributed by atoms with Crippen LogP contribution in [0.3, 0.4) is 0 Å². The van der Waals surface area contributed by atoms with E-state index in [9.17, 15) is 40.9 Å². The fourth-order valence-corrected chi connectivity index (χ4v) is 8.35. The first-order valence-electron chi connectivity index (χ1n) is 22.0. The highest BCUT2D eigenvalue weighted by atomic mass is 16.7. The molecule has 0 aromatic rings. The first-order valence-corrected chi connectivity index (χ1v) is 22.0. The highest BCUT2D eigenvalue weighted by Gasteiger charge is 2.50. The lowest BCUT2D eigenvalue weighted by molar-refractivity contribution is -0.292. The van der Waals surface area contributed by atoms with Crippen LogP contribution in [0.1, 0.15) is 12.8 Å². The maximum absolute atomic E-state index is 10.9. The molecule has 4 fully saturated rings. The lowest BCUT2D eigenvalue weighted by Crippen LogP contribution is -2.68. The normalized spacial score (nSPS) is 42.0. The van der Waals surface area contributed by atoms with Crippen molar-refractivity contribution in [2.45, 2.75) is 147 Å². The molecule has 4 aliphatic rings. The lowest BCUT2D eigenvalue weighted by atomic mass is 9.84. The third-order valence-corrected chi connectivity index (χ3v) is 12.3. The van der Waals surface area contributed by atoms with Gasteiger partial charge < -0.3 is 134 Å². The zero-order valence-electron chi connectivity index (χ0n) is 37.0. The molecule has 0 bridgehead atoms. The van der Waals surface area contributed by atoms with Gasteiger partial charge >= 0.3 is 0 Å². The third-order valence-electron chi connectivity index (χ3n) is 12.3. The van der Waals surface area contributed by atoms with Crippen molar-refractivity contribution >= 4 is 0 Å². The Morgan fingerprint density at radius 2 is 0.875 bits per heavy atom. The second-order valence-electron chi connectivity index (χ2n) is 17.6. The standard InChI is InChI=1S/C38H80N10O16/c1-47(13-17(49)15-59-35-27(51)19(41)9-21(43)33(35)63-37-25(45)31(55)29(53)23(11-39)61-37)3-5-57-7-8-58-6-4-48(2)14-18(50)16-60-36-28(52)20(42)10-22(44)34(36)64-38-26(46)32(56)30(54)24(12-40)62-38/h17-38,49-56H,3-16,39-46H2,1-2H3/t17-,18-,19-,20-,21+,22+,23-,24-,25-,26-,27+,28+,29-,30-,31-,32-,33-,34-,35-,36-,37-,38-/m1/s1. The highest BCUT2D eigenvalue weighted by Crippen LogP contribution is 2.30. The molecule has 2 aliphatic carbocycles. The minimum atomic E-state index is -1.38. The smallest absolute Gasteiger partial charge is 0.176 e. The van der Waals surface area contributed by atoms with Crippen molar-refractivity contribution in [3.63, 3.8) is 0 Å². The van der Waals surface area contributed by atoms with Gasteiger partial charge in [0.25, 0.3) is 0 Å². The molecule has 378 valence electrons. The molecule has 64 heavy (non-hydrogen) atoms. The molecule has 2 aliphatic heterocycles. The zero-order chi connectivity index (χ0) is 47.4. The average molecular weight is 933 g/mol. The van der Waals surface area contributed by atoms with Gasteiger partial charge in [-0.1, -0.05) is 0 Å². The van der Waals surface area contributed by atoms with Crippen LogP contribution in [-0.4, -0.2) is 278 Å². The molecule has 24 N–H and O–H groups in total. The summed E-state index contributed by atoms with van der Waals surface area (Å²) in [4.78, 5) is 3.69. The van der Waals surface area contributed by atoms with Gasteiger partial charge in [0.1, 0.15) is 61.0 Å². The molecule has 0 amide bonds. The van der Waals surface area contributed by atoms with E-state index in [1.54, 1.807) is 14.1 Å². The number of aliphatic hydroxyl groups is 8. The predicted molar refractivity (Wildman–Crippen MR) is 226 cm³/mol. The van der Waals surface area contributed by atoms with Crippen molar-refractivity contribution in [2.24, 2.45) is 45.9 Å². The van der Waals surface area contributed by atoms with E-state index in [1.165, 1.54) is 0 Å². The molecule has 0 spiro atoms. The molecule has 26 heteroatoms. The number of hydrogen-bond donors (Lipinski definition) is 16. The van der Waals surface area contributed by atoms with Crippen LogP contribution in [0.5, 0.6) is 0 Å². The van der Waals surface area contributed by atoms with Gasteiger partial charge in [0.15, 0.2) is 12.6 Å². The Labute approximate surface area is 374 Å². The van der Waals surface area contributed by atoms with Gasteiger partial charge in [0, 0.05) is 63.4 Å². The molecule has 26 nitrogen and oxygen atoms in total. The summed E-state index contributed by atoms with van der Waals surface area (Å²) in [6, 6.07) is -5.13. The molecule has 2 saturated carbocycles. The molecule has 2 heterocycles. The van der Waals surface area contributed by atoms with Crippen LogP contribution in [0.25, 0.3) is 0 Å². The number of rotatable bonds is 25. The Balaban J connectivity index is 1.09. The van der Waals surface area contributed by atoms with Crippen LogP contribution in [0.15, 0.2) is 0 Å². The Hall–Kier alpha value is -1.04. The predicted octanol–water partition coefficient (Wildman–Crippen LogP) is -10.6. The number of likely N-dealkylation sites (N-methyl/N-ethyl adjacent to an activating group) is 2. The third kappa shape index (κ3) is 15.2. The molecule has 0 unspecified atom stereocenters. The quantitative estimate of drug-likeness (QED) is 0.0378. The van der Waals surface area contributed by atoms with E-state index >= 15 is 0 Å². The van der Waals surface area contributed by atoms with Gasteiger partial charge in [-0.3, -0.25) is 0 Å². The average Bonchev–Trinajstić information content (AvgIpc) is 3.25. The first-order chi connectivity index (χ1) is 30.3. The van der Waals surface area contributed by atoms with Gasteiger partial charge in [-0.15, -0.1) is 0 Å². The van der Waals surface area contributed by atoms with Crippen molar-refractivity contribution in [2.75, 3.05) is 93.0 Å². The fraction of sp³-hybridized carbons (Fsp3) is 1.00. The van der Waals surface area contributed by atoms with Crippen LogP contribution < -0.4 is 45.9 Å². The Bertz CT molecular complexity index is 1220. The monoisotopic (exact) mass is 933 g/mol. The van der Waals surface area contributed by atoms with E-state index < -0.39 is 134 Å². The number of hydrogen-bond acceptors (Lipinski definition) is 26. The SMILES string of the molecule is CN(CCOCCOCCN(C)C[C@@H](O)CO[C@@H]1[C@@H](O)[C@H](N)C[C@H](N)[C@H]1O[C@H]1O[C@H](CN)[C@@H](O)[C@H](O)[C@H]1N)C[C@@H](O)CO[C@@H]1[C@@H](O)[C@H](N)C[C@H](N)[C@H]1O[C@H]1O[C@H](CN)[C@@H](O)[C@H](O)[C@H]1N. The van der Waals surface area contributed by atoms with Crippen LogP contribution in [0.4, 0.5) is 0 Å². The van der Waals surface area contributed by atoms with Crippen LogP contribution in [0.2, 0.25) is 0 Å². The van der Waals surface area contributed by atoms with E-state index in [0.29, 0.717) is 39.5 Å². The van der Waals surface area contributed by atoms with Crippen LogP contribution in [0, 0.1) is 0 Å². The van der Waals surface area contributed by atoms with Gasteiger partial charge in [-0.25, -0.2) is 0 Å². The summed E-state index contributed by atoms with van der Waals surface area (Å²) >= 11 is 0. The number of ether oxygens (including phenoxy) is 8. The van der Waals surface area contributed by atoms with E-state index in [2.05, 4.69) is 0 Å². The summed E-state index contributed by atoms with van der Waals surface area (Å²) < 4.78 is 46.7. The summed E-state index contributed by atoms with van der Waals surface area (Å²) in [5, 5.41) is 84.6. The molecule has 4 rings (SSSR count). The minimum absolute atomic E-state index is 0.103. The Morgan fingerprint density at radius 1 is 0.516 bits per heavy atom.